The van der Waals surface area contributed by atoms with Crippen molar-refractivity contribution in [3.8, 4) is 5.69 Å². The molecule has 0 saturated carbocycles. The largest absolute Gasteiger partial charge is 0.378 e. The Morgan fingerprint density at radius 3 is 2.64 bits per heavy atom. The van der Waals surface area contributed by atoms with Gasteiger partial charge in [0.1, 0.15) is 11.8 Å². The summed E-state index contributed by atoms with van der Waals surface area (Å²) < 4.78 is 7.28. The van der Waals surface area contributed by atoms with Gasteiger partial charge in [0.15, 0.2) is 5.65 Å². The maximum absolute atomic E-state index is 11.7. The van der Waals surface area contributed by atoms with Crippen molar-refractivity contribution in [3.63, 3.8) is 0 Å². The molecule has 3 aromatic rings. The highest BCUT2D eigenvalue weighted by Crippen LogP contribution is 2.19. The molecule has 1 saturated heterocycles. The van der Waals surface area contributed by atoms with Crippen molar-refractivity contribution < 1.29 is 9.53 Å². The molecule has 0 unspecified atom stereocenters. The molecule has 1 aliphatic rings. The Morgan fingerprint density at radius 1 is 1.16 bits per heavy atom. The number of amides is 1. The average Bonchev–Trinajstić information content (AvgIpc) is 3.11. The summed E-state index contributed by atoms with van der Waals surface area (Å²) in [5.41, 5.74) is 2.97. The molecule has 1 fully saturated rings. The van der Waals surface area contributed by atoms with Crippen LogP contribution < -0.4 is 10.2 Å². The maximum Gasteiger partial charge on any atom is 0.251 e. The van der Waals surface area contributed by atoms with Crippen LogP contribution in [0.2, 0.25) is 0 Å². The highest BCUT2D eigenvalue weighted by atomic mass is 16.5. The Balaban J connectivity index is 1.70. The lowest BCUT2D eigenvalue weighted by molar-refractivity contribution is 0.0963. The molecule has 8 heteroatoms. The molecule has 4 rings (SSSR count). The van der Waals surface area contributed by atoms with Gasteiger partial charge in [-0.05, 0) is 24.3 Å². The van der Waals surface area contributed by atoms with Gasteiger partial charge in [-0.2, -0.15) is 4.98 Å². The van der Waals surface area contributed by atoms with Crippen molar-refractivity contribution in [3.05, 3.63) is 42.4 Å². The fourth-order valence-electron chi connectivity index (χ4n) is 2.82. The number of imidazole rings is 1. The van der Waals surface area contributed by atoms with Crippen molar-refractivity contribution in [2.24, 2.45) is 0 Å². The average molecular weight is 338 g/mol. The molecule has 2 aromatic heterocycles. The Hall–Kier alpha value is -3.00. The van der Waals surface area contributed by atoms with Gasteiger partial charge in [-0.25, -0.2) is 9.97 Å². The number of benzene rings is 1. The molecule has 128 valence electrons. The summed E-state index contributed by atoms with van der Waals surface area (Å²) in [4.78, 5) is 27.3. The van der Waals surface area contributed by atoms with Crippen LogP contribution in [0.5, 0.6) is 0 Å². The molecule has 0 aliphatic carbocycles. The number of fused-ring (bicyclic) bond motifs is 1. The van der Waals surface area contributed by atoms with E-state index in [0.717, 1.165) is 29.9 Å². The topological polar surface area (TPSA) is 85.2 Å². The maximum atomic E-state index is 11.7. The van der Waals surface area contributed by atoms with Gasteiger partial charge >= 0.3 is 0 Å². The standard InChI is InChI=1S/C17H18N6O2/c1-18-16(24)12-2-4-13(5-3-12)23-11-20-14-10-19-17(21-15(14)23)22-6-8-25-9-7-22/h2-5,10-11H,6-9H2,1H3,(H,18,24). The number of aromatic nitrogens is 4. The minimum Gasteiger partial charge on any atom is -0.378 e. The first-order valence-electron chi connectivity index (χ1n) is 8.11. The number of nitrogens with one attached hydrogen (secondary N) is 1. The van der Waals surface area contributed by atoms with E-state index in [9.17, 15) is 4.79 Å². The van der Waals surface area contributed by atoms with Crippen LogP contribution in [0.1, 0.15) is 10.4 Å². The number of hydrogen-bond acceptors (Lipinski definition) is 6. The predicted molar refractivity (Wildman–Crippen MR) is 93.1 cm³/mol. The van der Waals surface area contributed by atoms with E-state index in [0.29, 0.717) is 24.7 Å². The van der Waals surface area contributed by atoms with Gasteiger partial charge in [0.2, 0.25) is 5.95 Å². The van der Waals surface area contributed by atoms with Crippen LogP contribution in [0.15, 0.2) is 36.8 Å². The number of hydrogen-bond donors (Lipinski definition) is 1. The molecular weight excluding hydrogens is 320 g/mol. The SMILES string of the molecule is CNC(=O)c1ccc(-n2cnc3cnc(N4CCOCC4)nc32)cc1. The van der Waals surface area contributed by atoms with Gasteiger partial charge in [-0.15, -0.1) is 0 Å². The number of anilines is 1. The van der Waals surface area contributed by atoms with Crippen LogP contribution in [0, 0.1) is 0 Å². The Labute approximate surface area is 144 Å². The summed E-state index contributed by atoms with van der Waals surface area (Å²) in [5.74, 6) is 0.568. The van der Waals surface area contributed by atoms with Crippen LogP contribution in [-0.4, -0.2) is 58.8 Å². The smallest absolute Gasteiger partial charge is 0.251 e. The lowest BCUT2D eigenvalue weighted by Crippen LogP contribution is -2.37. The summed E-state index contributed by atoms with van der Waals surface area (Å²) in [6.07, 6.45) is 3.46. The quantitative estimate of drug-likeness (QED) is 0.767. The fraction of sp³-hybridized carbons (Fsp3) is 0.294. The number of nitrogens with zero attached hydrogens (tertiary/aromatic N) is 5. The lowest BCUT2D eigenvalue weighted by atomic mass is 10.2. The summed E-state index contributed by atoms with van der Waals surface area (Å²) in [6, 6.07) is 7.32. The zero-order valence-corrected chi connectivity index (χ0v) is 13.8. The number of carbonyl (C=O) groups excluding carboxylic acids is 1. The molecule has 0 bridgehead atoms. The second-order valence-electron chi connectivity index (χ2n) is 5.72. The zero-order valence-electron chi connectivity index (χ0n) is 13.8. The Bertz CT molecular complexity index is 899. The van der Waals surface area contributed by atoms with Gasteiger partial charge in [-0.1, -0.05) is 0 Å². The first kappa shape index (κ1) is 15.5. The summed E-state index contributed by atoms with van der Waals surface area (Å²) in [5, 5.41) is 2.61. The molecule has 1 aromatic carbocycles. The number of rotatable bonds is 3. The molecule has 0 atom stereocenters. The first-order chi connectivity index (χ1) is 12.3. The molecule has 8 nitrogen and oxygen atoms in total. The van der Waals surface area contributed by atoms with Gasteiger partial charge in [0.25, 0.3) is 5.91 Å². The summed E-state index contributed by atoms with van der Waals surface area (Å²) in [7, 11) is 1.61. The van der Waals surface area contributed by atoms with E-state index < -0.39 is 0 Å². The predicted octanol–water partition coefficient (Wildman–Crippen LogP) is 1.01. The minimum absolute atomic E-state index is 0.112. The summed E-state index contributed by atoms with van der Waals surface area (Å²) in [6.45, 7) is 2.92. The second kappa shape index (κ2) is 6.48. The van der Waals surface area contributed by atoms with Crippen molar-refractivity contribution in [2.45, 2.75) is 0 Å². The molecule has 25 heavy (non-hydrogen) atoms. The normalized spacial score (nSPS) is 14.7. The Kier molecular flexibility index (Phi) is 4.02. The number of morpholine rings is 1. The van der Waals surface area contributed by atoms with E-state index in [2.05, 4.69) is 25.2 Å². The van der Waals surface area contributed by atoms with Crippen molar-refractivity contribution in [1.29, 1.82) is 0 Å². The molecule has 1 amide bonds. The van der Waals surface area contributed by atoms with E-state index in [-0.39, 0.29) is 5.91 Å². The van der Waals surface area contributed by atoms with Gasteiger partial charge in [-0.3, -0.25) is 9.36 Å². The third-order valence-electron chi connectivity index (χ3n) is 4.21. The van der Waals surface area contributed by atoms with Crippen molar-refractivity contribution in [2.75, 3.05) is 38.3 Å². The van der Waals surface area contributed by atoms with Crippen LogP contribution in [0.3, 0.4) is 0 Å². The van der Waals surface area contributed by atoms with Gasteiger partial charge < -0.3 is 15.0 Å². The number of ether oxygens (including phenoxy) is 1. The van der Waals surface area contributed by atoms with E-state index in [1.807, 2.05) is 16.7 Å². The molecular formula is C17H18N6O2. The zero-order chi connectivity index (χ0) is 17.2. The monoisotopic (exact) mass is 338 g/mol. The highest BCUT2D eigenvalue weighted by molar-refractivity contribution is 5.94. The summed E-state index contributed by atoms with van der Waals surface area (Å²) >= 11 is 0. The van der Waals surface area contributed by atoms with E-state index >= 15 is 0 Å². The third kappa shape index (κ3) is 2.91. The molecule has 3 heterocycles. The lowest BCUT2D eigenvalue weighted by Gasteiger charge is -2.26. The van der Waals surface area contributed by atoms with Gasteiger partial charge in [0.05, 0.1) is 19.4 Å². The number of carbonyl (C=O) groups is 1. The van der Waals surface area contributed by atoms with Crippen LogP contribution >= 0.6 is 0 Å². The van der Waals surface area contributed by atoms with E-state index in [1.54, 1.807) is 31.7 Å². The van der Waals surface area contributed by atoms with Gasteiger partial charge in [0, 0.05) is 31.4 Å². The minimum atomic E-state index is -0.112. The van der Waals surface area contributed by atoms with Crippen molar-refractivity contribution >= 4 is 23.0 Å². The molecule has 0 radical (unpaired) electrons. The fourth-order valence-corrected chi connectivity index (χ4v) is 2.82. The highest BCUT2D eigenvalue weighted by Gasteiger charge is 2.16. The van der Waals surface area contributed by atoms with Crippen LogP contribution in [-0.2, 0) is 4.74 Å². The molecule has 0 spiro atoms. The van der Waals surface area contributed by atoms with Crippen LogP contribution in [0.25, 0.3) is 16.9 Å². The Morgan fingerprint density at radius 2 is 1.92 bits per heavy atom. The molecule has 1 N–H and O–H groups in total. The molecule has 1 aliphatic heterocycles. The first-order valence-corrected chi connectivity index (χ1v) is 8.11. The van der Waals surface area contributed by atoms with Crippen molar-refractivity contribution in [1.82, 2.24) is 24.8 Å². The van der Waals surface area contributed by atoms with E-state index in [4.69, 9.17) is 4.74 Å². The third-order valence-corrected chi connectivity index (χ3v) is 4.21. The second-order valence-corrected chi connectivity index (χ2v) is 5.72. The van der Waals surface area contributed by atoms with E-state index in [1.165, 1.54) is 0 Å². The van der Waals surface area contributed by atoms with Crippen LogP contribution in [0.4, 0.5) is 5.95 Å².